The molecule has 6 nitrogen and oxygen atoms in total. The average Bonchev–Trinajstić information content (AvgIpc) is 2.77. The Kier molecular flexibility index (Phi) is 9.31. The number of aryl methyl sites for hydroxylation is 1. The smallest absolute Gasteiger partial charge is 0.242 e. The third-order valence-corrected chi connectivity index (χ3v) is 4.95. The molecule has 0 unspecified atom stereocenters. The predicted octanol–water partition coefficient (Wildman–Crippen LogP) is 3.72. The SMILES string of the molecule is CCOc1ccc(CCC(=O)N(Cc2ccccc2F)[C@H](C)C(=O)NC)cc1OCC. The number of likely N-dealkylation sites (N-methyl/N-ethyl adjacent to an activating group) is 1. The van der Waals surface area contributed by atoms with Gasteiger partial charge in [0.25, 0.3) is 0 Å². The van der Waals surface area contributed by atoms with Crippen LogP contribution in [0.1, 0.15) is 38.3 Å². The lowest BCUT2D eigenvalue weighted by Gasteiger charge is -2.28. The number of amides is 2. The van der Waals surface area contributed by atoms with Crippen molar-refractivity contribution in [2.75, 3.05) is 20.3 Å². The van der Waals surface area contributed by atoms with Gasteiger partial charge in [0, 0.05) is 25.6 Å². The maximum Gasteiger partial charge on any atom is 0.242 e. The normalized spacial score (nSPS) is 11.5. The molecule has 0 bridgehead atoms. The Balaban J connectivity index is 2.16. The number of rotatable bonds is 11. The molecule has 0 spiro atoms. The molecule has 31 heavy (non-hydrogen) atoms. The van der Waals surface area contributed by atoms with Crippen molar-refractivity contribution in [1.82, 2.24) is 10.2 Å². The summed E-state index contributed by atoms with van der Waals surface area (Å²) in [6.45, 7) is 6.49. The quantitative estimate of drug-likeness (QED) is 0.590. The predicted molar refractivity (Wildman–Crippen MR) is 118 cm³/mol. The van der Waals surface area contributed by atoms with Gasteiger partial charge in [-0.25, -0.2) is 4.39 Å². The number of carbonyl (C=O) groups excluding carboxylic acids is 2. The lowest BCUT2D eigenvalue weighted by Crippen LogP contribution is -2.46. The van der Waals surface area contributed by atoms with Gasteiger partial charge in [0.15, 0.2) is 11.5 Å². The largest absolute Gasteiger partial charge is 0.490 e. The minimum atomic E-state index is -0.726. The first-order chi connectivity index (χ1) is 14.9. The van der Waals surface area contributed by atoms with Crippen molar-refractivity contribution >= 4 is 11.8 Å². The number of halogens is 1. The Morgan fingerprint density at radius 1 is 1.06 bits per heavy atom. The zero-order valence-corrected chi connectivity index (χ0v) is 18.6. The van der Waals surface area contributed by atoms with Crippen molar-refractivity contribution in [2.45, 2.75) is 46.2 Å². The number of hydrogen-bond acceptors (Lipinski definition) is 4. The van der Waals surface area contributed by atoms with E-state index in [-0.39, 0.29) is 24.8 Å². The Morgan fingerprint density at radius 2 is 1.74 bits per heavy atom. The van der Waals surface area contributed by atoms with Gasteiger partial charge in [-0.1, -0.05) is 24.3 Å². The first-order valence-electron chi connectivity index (χ1n) is 10.5. The molecule has 0 saturated carbocycles. The standard InChI is InChI=1S/C24H31FN2O4/c1-5-30-21-13-11-18(15-22(21)31-6-2)12-14-23(28)27(17(3)24(29)26-4)16-19-9-7-8-10-20(19)25/h7-11,13,15,17H,5-6,12,14,16H2,1-4H3,(H,26,29)/t17-/m1/s1. The van der Waals surface area contributed by atoms with Gasteiger partial charge < -0.3 is 19.7 Å². The highest BCUT2D eigenvalue weighted by Gasteiger charge is 2.26. The van der Waals surface area contributed by atoms with E-state index in [1.54, 1.807) is 25.1 Å². The number of hydrogen-bond donors (Lipinski definition) is 1. The van der Waals surface area contributed by atoms with Crippen LogP contribution in [0.2, 0.25) is 0 Å². The molecule has 1 N–H and O–H groups in total. The summed E-state index contributed by atoms with van der Waals surface area (Å²) in [4.78, 5) is 26.6. The summed E-state index contributed by atoms with van der Waals surface area (Å²) in [6.07, 6.45) is 0.634. The molecular weight excluding hydrogens is 399 g/mol. The summed E-state index contributed by atoms with van der Waals surface area (Å²) in [5, 5.41) is 2.56. The molecule has 0 fully saturated rings. The van der Waals surface area contributed by atoms with Crippen LogP contribution in [0, 0.1) is 5.82 Å². The summed E-state index contributed by atoms with van der Waals surface area (Å²) in [7, 11) is 1.51. The molecule has 0 aliphatic heterocycles. The Morgan fingerprint density at radius 3 is 2.39 bits per heavy atom. The van der Waals surface area contributed by atoms with Crippen LogP contribution >= 0.6 is 0 Å². The number of nitrogens with zero attached hydrogens (tertiary/aromatic N) is 1. The van der Waals surface area contributed by atoms with E-state index in [1.807, 2.05) is 32.0 Å². The zero-order valence-electron chi connectivity index (χ0n) is 18.6. The van der Waals surface area contributed by atoms with Crippen LogP contribution in [0.5, 0.6) is 11.5 Å². The minimum absolute atomic E-state index is 0.0214. The molecule has 168 valence electrons. The third-order valence-electron chi connectivity index (χ3n) is 4.95. The molecule has 2 aromatic rings. The maximum absolute atomic E-state index is 14.2. The van der Waals surface area contributed by atoms with Crippen LogP contribution < -0.4 is 14.8 Å². The van der Waals surface area contributed by atoms with E-state index in [4.69, 9.17) is 9.47 Å². The van der Waals surface area contributed by atoms with Crippen molar-refractivity contribution in [2.24, 2.45) is 0 Å². The first kappa shape index (κ1) is 24.2. The molecular formula is C24H31FN2O4. The second kappa shape index (κ2) is 11.9. The molecule has 0 saturated heterocycles. The molecule has 0 aromatic heterocycles. The van der Waals surface area contributed by atoms with Gasteiger partial charge in [-0.05, 0) is 51.0 Å². The minimum Gasteiger partial charge on any atom is -0.490 e. The fourth-order valence-electron chi connectivity index (χ4n) is 3.25. The molecule has 2 amide bonds. The third kappa shape index (κ3) is 6.70. The van der Waals surface area contributed by atoms with Crippen LogP contribution in [-0.4, -0.2) is 43.0 Å². The van der Waals surface area contributed by atoms with E-state index in [1.165, 1.54) is 18.0 Å². The Hall–Kier alpha value is -3.09. The molecule has 1 atom stereocenters. The summed E-state index contributed by atoms with van der Waals surface area (Å²) in [6, 6.07) is 11.1. The number of ether oxygens (including phenoxy) is 2. The van der Waals surface area contributed by atoms with Crippen LogP contribution in [0.15, 0.2) is 42.5 Å². The Labute approximate surface area is 183 Å². The van der Waals surface area contributed by atoms with Crippen LogP contribution in [0.4, 0.5) is 4.39 Å². The molecule has 0 radical (unpaired) electrons. The summed E-state index contributed by atoms with van der Waals surface area (Å²) in [5.41, 5.74) is 1.28. The van der Waals surface area contributed by atoms with E-state index in [0.29, 0.717) is 36.7 Å². The highest BCUT2D eigenvalue weighted by molar-refractivity contribution is 5.87. The van der Waals surface area contributed by atoms with Gasteiger partial charge in [-0.2, -0.15) is 0 Å². The molecule has 0 aliphatic rings. The zero-order chi connectivity index (χ0) is 22.8. The van der Waals surface area contributed by atoms with Crippen molar-refractivity contribution < 1.29 is 23.5 Å². The second-order valence-corrected chi connectivity index (χ2v) is 7.05. The van der Waals surface area contributed by atoms with Crippen LogP contribution in [0.3, 0.4) is 0 Å². The first-order valence-corrected chi connectivity index (χ1v) is 10.5. The topological polar surface area (TPSA) is 67.9 Å². The fourth-order valence-corrected chi connectivity index (χ4v) is 3.25. The van der Waals surface area contributed by atoms with Crippen LogP contribution in [0.25, 0.3) is 0 Å². The van der Waals surface area contributed by atoms with E-state index in [0.717, 1.165) is 5.56 Å². The van der Waals surface area contributed by atoms with Crippen LogP contribution in [-0.2, 0) is 22.6 Å². The van der Waals surface area contributed by atoms with Crippen molar-refractivity contribution in [1.29, 1.82) is 0 Å². The molecule has 2 rings (SSSR count). The highest BCUT2D eigenvalue weighted by Crippen LogP contribution is 2.29. The van der Waals surface area contributed by atoms with Crippen molar-refractivity contribution in [3.63, 3.8) is 0 Å². The summed E-state index contributed by atoms with van der Waals surface area (Å²) >= 11 is 0. The number of benzene rings is 2. The Bertz CT molecular complexity index is 888. The van der Waals surface area contributed by atoms with Gasteiger partial charge in [0.05, 0.1) is 13.2 Å². The maximum atomic E-state index is 14.2. The number of carbonyl (C=O) groups is 2. The highest BCUT2D eigenvalue weighted by atomic mass is 19.1. The lowest BCUT2D eigenvalue weighted by molar-refractivity contribution is -0.140. The van der Waals surface area contributed by atoms with Gasteiger partial charge in [-0.15, -0.1) is 0 Å². The lowest BCUT2D eigenvalue weighted by atomic mass is 10.1. The van der Waals surface area contributed by atoms with Crippen molar-refractivity contribution in [3.05, 3.63) is 59.4 Å². The second-order valence-electron chi connectivity index (χ2n) is 7.05. The molecule has 0 aliphatic carbocycles. The summed E-state index contributed by atoms with van der Waals surface area (Å²) in [5.74, 6) is 0.359. The van der Waals surface area contributed by atoms with E-state index >= 15 is 0 Å². The molecule has 0 heterocycles. The van der Waals surface area contributed by atoms with Gasteiger partial charge in [0.2, 0.25) is 11.8 Å². The van der Waals surface area contributed by atoms with Gasteiger partial charge in [-0.3, -0.25) is 9.59 Å². The van der Waals surface area contributed by atoms with E-state index in [9.17, 15) is 14.0 Å². The van der Waals surface area contributed by atoms with Crippen molar-refractivity contribution in [3.8, 4) is 11.5 Å². The van der Waals surface area contributed by atoms with Gasteiger partial charge >= 0.3 is 0 Å². The van der Waals surface area contributed by atoms with E-state index < -0.39 is 11.9 Å². The molecule has 2 aromatic carbocycles. The monoisotopic (exact) mass is 430 g/mol. The number of nitrogens with one attached hydrogen (secondary N) is 1. The molecule has 7 heteroatoms. The van der Waals surface area contributed by atoms with Gasteiger partial charge in [0.1, 0.15) is 11.9 Å². The van der Waals surface area contributed by atoms with E-state index in [2.05, 4.69) is 5.32 Å². The fraction of sp³-hybridized carbons (Fsp3) is 0.417. The summed E-state index contributed by atoms with van der Waals surface area (Å²) < 4.78 is 25.4. The average molecular weight is 431 g/mol.